The first kappa shape index (κ1) is 26.5. The van der Waals surface area contributed by atoms with E-state index in [9.17, 15) is 35.4 Å². The highest BCUT2D eigenvalue weighted by Gasteiger charge is 2.71. The van der Waals surface area contributed by atoms with E-state index in [-0.39, 0.29) is 12.0 Å². The quantitative estimate of drug-likeness (QED) is 0.261. The number of hydrogen-bond donors (Lipinski definition) is 1. The van der Waals surface area contributed by atoms with E-state index >= 15 is 0 Å². The zero-order valence-corrected chi connectivity index (χ0v) is 20.5. The van der Waals surface area contributed by atoms with E-state index in [0.29, 0.717) is 0 Å². The third-order valence-corrected chi connectivity index (χ3v) is 5.36. The first-order valence-corrected chi connectivity index (χ1v) is 10.9. The van der Waals surface area contributed by atoms with Gasteiger partial charge in [0.15, 0.2) is 0 Å². The molecule has 2 aliphatic rings. The van der Waals surface area contributed by atoms with Crippen LogP contribution in [0.2, 0.25) is 0 Å². The van der Waals surface area contributed by atoms with Crippen LogP contribution < -0.4 is 0 Å². The number of rotatable bonds is 6. The molecule has 0 atom stereocenters. The molecule has 0 saturated carbocycles. The van der Waals surface area contributed by atoms with Crippen molar-refractivity contribution < 1.29 is 24.8 Å². The van der Waals surface area contributed by atoms with Crippen LogP contribution in [0.4, 0.5) is 4.79 Å². The number of carbonyl (C=O) groups is 1. The van der Waals surface area contributed by atoms with Crippen LogP contribution in [0.15, 0.2) is 28.5 Å². The summed E-state index contributed by atoms with van der Waals surface area (Å²) in [4.78, 5) is 44.6. The molecule has 0 aromatic rings. The van der Waals surface area contributed by atoms with Crippen LogP contribution in [0.3, 0.4) is 0 Å². The average molecular weight is 482 g/mol. The van der Waals surface area contributed by atoms with Gasteiger partial charge >= 0.3 is 23.1 Å². The van der Waals surface area contributed by atoms with Crippen molar-refractivity contribution in [2.45, 2.75) is 85.2 Å². The van der Waals surface area contributed by atoms with Crippen LogP contribution in [-0.2, 0) is 0 Å². The molecule has 1 spiro atoms. The van der Waals surface area contributed by atoms with Gasteiger partial charge in [-0.25, -0.2) is 9.79 Å². The molecule has 188 valence electrons. The lowest BCUT2D eigenvalue weighted by atomic mass is 9.87. The molecule has 1 saturated heterocycles. The van der Waals surface area contributed by atoms with Gasteiger partial charge in [-0.05, 0) is 55.4 Å². The Morgan fingerprint density at radius 1 is 0.853 bits per heavy atom. The van der Waals surface area contributed by atoms with E-state index in [2.05, 4.69) is 4.99 Å². The molecule has 2 rings (SSSR count). The highest BCUT2D eigenvalue weighted by Crippen LogP contribution is 2.46. The Balaban J connectivity index is 3.21. The van der Waals surface area contributed by atoms with Gasteiger partial charge in [0, 0.05) is 29.1 Å². The standard InChI is InChI=1S/C20H31N7O7/c1-11(2)21-18-22(12(3)4)19(28)24(14(7)8)20(23(18)13(5)6)16(26(31)32)9-15(25(29)30)10-17(20)27(33)34/h9-14H,1-8H3,(H,29,30). The Kier molecular flexibility index (Phi) is 7.24. The number of aliphatic imine (C=N–C) groups is 1. The summed E-state index contributed by atoms with van der Waals surface area (Å²) in [5.74, 6) is 0.0360. The van der Waals surface area contributed by atoms with E-state index in [1.54, 1.807) is 55.4 Å². The van der Waals surface area contributed by atoms with Crippen molar-refractivity contribution in [3.8, 4) is 0 Å². The number of nitrogens with zero attached hydrogens (tertiary/aromatic N) is 7. The fourth-order valence-corrected chi connectivity index (χ4v) is 4.34. The van der Waals surface area contributed by atoms with Gasteiger partial charge < -0.3 is 5.21 Å². The molecule has 1 N–H and O–H groups in total. The summed E-state index contributed by atoms with van der Waals surface area (Å²) >= 11 is 0. The zero-order chi connectivity index (χ0) is 26.3. The van der Waals surface area contributed by atoms with Gasteiger partial charge in [0.2, 0.25) is 5.96 Å². The fourth-order valence-electron chi connectivity index (χ4n) is 4.34. The highest BCUT2D eigenvalue weighted by molar-refractivity contribution is 6.06. The van der Waals surface area contributed by atoms with Crippen molar-refractivity contribution >= 4 is 17.7 Å². The molecular formula is C20H31N7O7. The van der Waals surface area contributed by atoms with E-state index in [1.165, 1.54) is 9.80 Å². The summed E-state index contributed by atoms with van der Waals surface area (Å²) in [5, 5.41) is 45.9. The van der Waals surface area contributed by atoms with Gasteiger partial charge in [-0.2, -0.15) is 0 Å². The minimum absolute atomic E-state index is 0.0360. The number of guanidine groups is 1. The monoisotopic (exact) mass is 481 g/mol. The zero-order valence-electron chi connectivity index (χ0n) is 20.5. The lowest BCUT2D eigenvalue weighted by Crippen LogP contribution is -2.79. The number of carbonyl (C=O) groups excluding carboxylic acids is 1. The SMILES string of the molecule is CC(C)N=C1N(C(C)C)C(=O)N(C(C)C)C2(C([N+](=O)[O-])=CC(=[N+]([O-])O)C=C2[N+](=O)[O-])N1C(C)C. The fraction of sp³-hybridized carbons (Fsp3) is 0.650. The first-order valence-electron chi connectivity index (χ1n) is 10.9. The molecule has 14 heteroatoms. The predicted molar refractivity (Wildman–Crippen MR) is 122 cm³/mol. The van der Waals surface area contributed by atoms with E-state index in [4.69, 9.17) is 0 Å². The normalized spacial score (nSPS) is 22.5. The third kappa shape index (κ3) is 4.03. The van der Waals surface area contributed by atoms with Gasteiger partial charge in [0.1, 0.15) is 0 Å². The van der Waals surface area contributed by atoms with Crippen molar-refractivity contribution in [2.24, 2.45) is 4.99 Å². The van der Waals surface area contributed by atoms with Crippen LogP contribution in [-0.4, -0.2) is 82.2 Å². The van der Waals surface area contributed by atoms with Gasteiger partial charge in [0.05, 0.1) is 22.0 Å². The maximum atomic E-state index is 13.9. The van der Waals surface area contributed by atoms with Gasteiger partial charge in [0.25, 0.3) is 5.71 Å². The summed E-state index contributed by atoms with van der Waals surface area (Å²) in [6.07, 6.45) is 1.49. The van der Waals surface area contributed by atoms with Crippen molar-refractivity contribution in [2.75, 3.05) is 0 Å². The second-order valence-corrected chi connectivity index (χ2v) is 9.14. The molecule has 14 nitrogen and oxygen atoms in total. The number of allylic oxidation sites excluding steroid dienone is 2. The summed E-state index contributed by atoms with van der Waals surface area (Å²) in [7, 11) is 0. The highest BCUT2D eigenvalue weighted by atomic mass is 16.8. The van der Waals surface area contributed by atoms with Gasteiger partial charge in [-0.1, -0.05) is 0 Å². The van der Waals surface area contributed by atoms with E-state index in [0.717, 1.165) is 17.1 Å². The minimum atomic E-state index is -2.36. The predicted octanol–water partition coefficient (Wildman–Crippen LogP) is 2.39. The second kappa shape index (κ2) is 9.27. The number of amides is 2. The molecule has 1 aliphatic carbocycles. The summed E-state index contributed by atoms with van der Waals surface area (Å²) < 4.78 is 0. The van der Waals surface area contributed by atoms with Crippen molar-refractivity contribution in [3.63, 3.8) is 0 Å². The Morgan fingerprint density at radius 3 is 1.59 bits per heavy atom. The minimum Gasteiger partial charge on any atom is -0.417 e. The van der Waals surface area contributed by atoms with Crippen LogP contribution in [0.5, 0.6) is 0 Å². The second-order valence-electron chi connectivity index (χ2n) is 9.14. The smallest absolute Gasteiger partial charge is 0.330 e. The topological polar surface area (TPSA) is 172 Å². The Bertz CT molecular complexity index is 973. The molecule has 0 bridgehead atoms. The molecule has 0 aromatic heterocycles. The van der Waals surface area contributed by atoms with Crippen molar-refractivity contribution in [1.82, 2.24) is 14.7 Å². The molecule has 2 amide bonds. The number of hydrogen-bond acceptors (Lipinski definition) is 8. The number of urea groups is 1. The number of nitro groups is 2. The average Bonchev–Trinajstić information content (AvgIpc) is 2.65. The molecule has 0 aromatic carbocycles. The van der Waals surface area contributed by atoms with Gasteiger partial charge in [-0.15, -0.1) is 0 Å². The van der Waals surface area contributed by atoms with Crippen LogP contribution in [0.1, 0.15) is 55.4 Å². The molecule has 0 unspecified atom stereocenters. The van der Waals surface area contributed by atoms with E-state index < -0.39 is 61.7 Å². The molecule has 1 aliphatic heterocycles. The largest absolute Gasteiger partial charge is 0.417 e. The maximum Gasteiger partial charge on any atom is 0.330 e. The van der Waals surface area contributed by atoms with Crippen molar-refractivity contribution in [3.05, 3.63) is 49.0 Å². The Hall–Kier alpha value is -3.71. The third-order valence-electron chi connectivity index (χ3n) is 5.36. The lowest BCUT2D eigenvalue weighted by Gasteiger charge is -2.57. The summed E-state index contributed by atoms with van der Waals surface area (Å²) in [5.41, 5.74) is -4.73. The molecule has 1 fully saturated rings. The van der Waals surface area contributed by atoms with E-state index in [1.807, 2.05) is 0 Å². The van der Waals surface area contributed by atoms with Crippen LogP contribution in [0, 0.1) is 25.4 Å². The van der Waals surface area contributed by atoms with Crippen LogP contribution >= 0.6 is 0 Å². The van der Waals surface area contributed by atoms with Crippen LogP contribution in [0.25, 0.3) is 0 Å². The summed E-state index contributed by atoms with van der Waals surface area (Å²) in [6, 6.07) is -2.89. The first-order chi connectivity index (χ1) is 15.6. The molecule has 34 heavy (non-hydrogen) atoms. The molecule has 1 heterocycles. The Labute approximate surface area is 197 Å². The van der Waals surface area contributed by atoms with Gasteiger partial charge in [-0.3, -0.25) is 40.1 Å². The summed E-state index contributed by atoms with van der Waals surface area (Å²) in [6.45, 7) is 13.5. The molecular weight excluding hydrogens is 450 g/mol. The lowest BCUT2D eigenvalue weighted by molar-refractivity contribution is -0.725. The maximum absolute atomic E-state index is 13.9. The Morgan fingerprint density at radius 2 is 1.29 bits per heavy atom. The molecule has 0 radical (unpaired) electrons. The van der Waals surface area contributed by atoms with Crippen molar-refractivity contribution in [1.29, 1.82) is 0 Å².